The van der Waals surface area contributed by atoms with E-state index in [0.717, 1.165) is 17.2 Å². The van der Waals surface area contributed by atoms with Gasteiger partial charge in [-0.1, -0.05) is 12.1 Å². The highest BCUT2D eigenvalue weighted by atomic mass is 19.1. The van der Waals surface area contributed by atoms with Crippen molar-refractivity contribution >= 4 is 22.8 Å². The number of H-pyrrole nitrogens is 1. The molecule has 7 nitrogen and oxygen atoms in total. The molecule has 3 heterocycles. The highest BCUT2D eigenvalue weighted by molar-refractivity contribution is 6.01. The van der Waals surface area contributed by atoms with Gasteiger partial charge in [-0.3, -0.25) is 14.7 Å². The average Bonchev–Trinajstić information content (AvgIpc) is 3.37. The number of carbonyl (C=O) groups excluding carboxylic acids is 2. The number of primary amides is 1. The number of halogens is 2. The molecular weight excluding hydrogens is 428 g/mol. The summed E-state index contributed by atoms with van der Waals surface area (Å²) >= 11 is 0. The molecule has 0 saturated carbocycles. The number of nitrogens with one attached hydrogen (secondary N) is 2. The standard InChI is InChI=1S/C24H19F2N5O2/c25-14-5-12(6-15(26)8-14)4-13(7-22(27)32)23-18(9-20-21(30-23)11-29-31-20)16-2-1-3-17-19(16)10-28-24(17)33/h1-3,5-6,8-9,11,13H,4,7,10H2,(H2,27,32)(H,28,33)(H,29,31)/t13-/m0/s1. The van der Waals surface area contributed by atoms with Gasteiger partial charge in [-0.2, -0.15) is 5.10 Å². The highest BCUT2D eigenvalue weighted by Gasteiger charge is 2.27. The second-order valence-electron chi connectivity index (χ2n) is 8.09. The summed E-state index contributed by atoms with van der Waals surface area (Å²) in [5, 5.41) is 9.76. The first-order chi connectivity index (χ1) is 15.9. The van der Waals surface area contributed by atoms with Crippen molar-refractivity contribution in [2.45, 2.75) is 25.3 Å². The highest BCUT2D eigenvalue weighted by Crippen LogP contribution is 2.37. The van der Waals surface area contributed by atoms with E-state index in [1.165, 1.54) is 12.1 Å². The Morgan fingerprint density at radius 2 is 1.85 bits per heavy atom. The Morgan fingerprint density at radius 1 is 1.09 bits per heavy atom. The lowest BCUT2D eigenvalue weighted by Gasteiger charge is -2.20. The van der Waals surface area contributed by atoms with Gasteiger partial charge in [0.25, 0.3) is 5.91 Å². The third kappa shape index (κ3) is 3.93. The summed E-state index contributed by atoms with van der Waals surface area (Å²) in [5.41, 5.74) is 10.6. The van der Waals surface area contributed by atoms with Crippen molar-refractivity contribution in [3.05, 3.63) is 82.7 Å². The fraction of sp³-hybridized carbons (Fsp3) is 0.167. The van der Waals surface area contributed by atoms with Crippen LogP contribution in [0.4, 0.5) is 8.78 Å². The molecule has 1 aliphatic rings. The molecule has 0 radical (unpaired) electrons. The molecule has 0 unspecified atom stereocenters. The zero-order valence-corrected chi connectivity index (χ0v) is 17.4. The molecular formula is C24H19F2N5O2. The Labute approximate surface area is 187 Å². The third-order valence-electron chi connectivity index (χ3n) is 5.83. The fourth-order valence-corrected chi connectivity index (χ4v) is 4.45. The summed E-state index contributed by atoms with van der Waals surface area (Å²) in [5.74, 6) is -2.68. The van der Waals surface area contributed by atoms with Crippen molar-refractivity contribution in [1.82, 2.24) is 20.5 Å². The van der Waals surface area contributed by atoms with Gasteiger partial charge in [0.05, 0.1) is 17.4 Å². The number of nitrogens with zero attached hydrogens (tertiary/aromatic N) is 2. The lowest BCUT2D eigenvalue weighted by Crippen LogP contribution is -2.18. The van der Waals surface area contributed by atoms with Crippen LogP contribution in [0.3, 0.4) is 0 Å². The molecule has 4 N–H and O–H groups in total. The van der Waals surface area contributed by atoms with Crippen molar-refractivity contribution < 1.29 is 18.4 Å². The van der Waals surface area contributed by atoms with E-state index < -0.39 is 23.5 Å². The van der Waals surface area contributed by atoms with Crippen molar-refractivity contribution in [2.75, 3.05) is 0 Å². The summed E-state index contributed by atoms with van der Waals surface area (Å²) in [7, 11) is 0. The molecule has 166 valence electrons. The van der Waals surface area contributed by atoms with Gasteiger partial charge in [-0.25, -0.2) is 13.8 Å². The van der Waals surface area contributed by atoms with Gasteiger partial charge in [-0.05, 0) is 47.4 Å². The largest absolute Gasteiger partial charge is 0.370 e. The Kier molecular flexibility index (Phi) is 5.08. The van der Waals surface area contributed by atoms with E-state index in [0.29, 0.717) is 40.0 Å². The predicted molar refractivity (Wildman–Crippen MR) is 117 cm³/mol. The van der Waals surface area contributed by atoms with E-state index in [2.05, 4.69) is 15.5 Å². The van der Waals surface area contributed by atoms with Gasteiger partial charge in [0.15, 0.2) is 0 Å². The van der Waals surface area contributed by atoms with Gasteiger partial charge in [-0.15, -0.1) is 0 Å². The van der Waals surface area contributed by atoms with E-state index in [1.807, 2.05) is 12.1 Å². The van der Waals surface area contributed by atoms with Gasteiger partial charge in [0.2, 0.25) is 5.91 Å². The number of benzene rings is 2. The van der Waals surface area contributed by atoms with Crippen LogP contribution in [0.2, 0.25) is 0 Å². The summed E-state index contributed by atoms with van der Waals surface area (Å²) in [6.07, 6.45) is 1.63. The Morgan fingerprint density at radius 3 is 2.61 bits per heavy atom. The normalized spacial score (nSPS) is 13.7. The SMILES string of the molecule is NC(=O)C[C@H](Cc1cc(F)cc(F)c1)c1nc2cn[nH]c2cc1-c1cccc2c1CNC2=O. The van der Waals surface area contributed by atoms with Gasteiger partial charge in [0.1, 0.15) is 17.2 Å². The Hall–Kier alpha value is -4.14. The summed E-state index contributed by atoms with van der Waals surface area (Å²) in [6.45, 7) is 0.361. The van der Waals surface area contributed by atoms with Gasteiger partial charge < -0.3 is 11.1 Å². The second-order valence-corrected chi connectivity index (χ2v) is 8.09. The maximum Gasteiger partial charge on any atom is 0.251 e. The molecule has 4 aromatic rings. The number of rotatable bonds is 6. The van der Waals surface area contributed by atoms with Crippen LogP contribution in [0, 0.1) is 11.6 Å². The van der Waals surface area contributed by atoms with E-state index >= 15 is 0 Å². The number of pyridine rings is 1. The van der Waals surface area contributed by atoms with Crippen LogP contribution in [0.5, 0.6) is 0 Å². The number of carbonyl (C=O) groups is 2. The molecule has 0 aliphatic carbocycles. The van der Waals surface area contributed by atoms with Gasteiger partial charge in [0, 0.05) is 36.1 Å². The number of hydrogen-bond acceptors (Lipinski definition) is 4. The van der Waals surface area contributed by atoms with Crippen LogP contribution < -0.4 is 11.1 Å². The minimum atomic E-state index is -0.702. The second kappa shape index (κ2) is 8.09. The van der Waals surface area contributed by atoms with Crippen LogP contribution in [0.1, 0.15) is 39.5 Å². The van der Waals surface area contributed by atoms with Crippen molar-refractivity contribution in [1.29, 1.82) is 0 Å². The molecule has 2 aromatic carbocycles. The number of aromatic nitrogens is 3. The molecule has 9 heteroatoms. The zero-order valence-electron chi connectivity index (χ0n) is 17.4. The molecule has 0 spiro atoms. The summed E-state index contributed by atoms with van der Waals surface area (Å²) in [6, 6.07) is 10.5. The molecule has 0 fully saturated rings. The molecule has 2 aromatic heterocycles. The van der Waals surface area contributed by atoms with E-state index in [-0.39, 0.29) is 18.7 Å². The van der Waals surface area contributed by atoms with Crippen molar-refractivity contribution in [3.63, 3.8) is 0 Å². The maximum atomic E-state index is 13.8. The zero-order chi connectivity index (χ0) is 23.1. The first-order valence-corrected chi connectivity index (χ1v) is 10.4. The summed E-state index contributed by atoms with van der Waals surface area (Å²) < 4.78 is 27.7. The van der Waals surface area contributed by atoms with Crippen LogP contribution in [0.15, 0.2) is 48.7 Å². The average molecular weight is 447 g/mol. The fourth-order valence-electron chi connectivity index (χ4n) is 4.45. The van der Waals surface area contributed by atoms with Crippen molar-refractivity contribution in [2.24, 2.45) is 5.73 Å². The molecule has 1 atom stereocenters. The number of fused-ring (bicyclic) bond motifs is 2. The van der Waals surface area contributed by atoms with Crippen LogP contribution in [-0.2, 0) is 17.8 Å². The number of aromatic amines is 1. The smallest absolute Gasteiger partial charge is 0.251 e. The predicted octanol–water partition coefficient (Wildman–Crippen LogP) is 3.35. The minimum Gasteiger partial charge on any atom is -0.370 e. The monoisotopic (exact) mass is 447 g/mol. The van der Waals surface area contributed by atoms with E-state index in [1.54, 1.807) is 18.3 Å². The van der Waals surface area contributed by atoms with Crippen LogP contribution in [-0.4, -0.2) is 27.0 Å². The van der Waals surface area contributed by atoms with Crippen LogP contribution in [0.25, 0.3) is 22.2 Å². The topological polar surface area (TPSA) is 114 Å². The van der Waals surface area contributed by atoms with Crippen LogP contribution >= 0.6 is 0 Å². The first kappa shape index (κ1) is 20.7. The lowest BCUT2D eigenvalue weighted by molar-refractivity contribution is -0.118. The number of nitrogens with two attached hydrogens (primary N) is 1. The summed E-state index contributed by atoms with van der Waals surface area (Å²) in [4.78, 5) is 28.9. The molecule has 2 amide bonds. The Bertz CT molecular complexity index is 1400. The van der Waals surface area contributed by atoms with Crippen molar-refractivity contribution in [3.8, 4) is 11.1 Å². The third-order valence-corrected chi connectivity index (χ3v) is 5.83. The molecule has 0 saturated heterocycles. The molecule has 1 aliphatic heterocycles. The van der Waals surface area contributed by atoms with Gasteiger partial charge >= 0.3 is 0 Å². The molecule has 0 bridgehead atoms. The minimum absolute atomic E-state index is 0.0757. The molecule has 5 rings (SSSR count). The Balaban J connectivity index is 1.70. The lowest BCUT2D eigenvalue weighted by atomic mass is 9.86. The number of hydrogen-bond donors (Lipinski definition) is 3. The quantitative estimate of drug-likeness (QED) is 0.421. The van der Waals surface area contributed by atoms with E-state index in [4.69, 9.17) is 10.7 Å². The maximum absolute atomic E-state index is 13.8. The number of amides is 2. The first-order valence-electron chi connectivity index (χ1n) is 10.4. The van der Waals surface area contributed by atoms with E-state index in [9.17, 15) is 18.4 Å². The molecule has 33 heavy (non-hydrogen) atoms.